The molecule has 1 heterocycles. The molecule has 0 saturated carbocycles. The summed E-state index contributed by atoms with van der Waals surface area (Å²) >= 11 is 0. The van der Waals surface area contributed by atoms with Crippen LogP contribution in [0.5, 0.6) is 5.75 Å². The van der Waals surface area contributed by atoms with Gasteiger partial charge in [-0.05, 0) is 43.3 Å². The van der Waals surface area contributed by atoms with E-state index < -0.39 is 6.10 Å². The molecule has 1 atom stereocenters. The van der Waals surface area contributed by atoms with Gasteiger partial charge in [0.1, 0.15) is 17.7 Å². The Balaban J connectivity index is 2.14. The number of aliphatic hydroxyl groups excluding tert-OH is 1. The SMILES string of the molecule is CC(O)C(=O)c1cccc2[nH]c(-c3ccc(O)cc3)nc12. The van der Waals surface area contributed by atoms with Gasteiger partial charge in [-0.25, -0.2) is 4.98 Å². The average molecular weight is 282 g/mol. The van der Waals surface area contributed by atoms with Gasteiger partial charge < -0.3 is 15.2 Å². The number of Topliss-reactive ketones (excluding diaryl/α,β-unsaturated/α-hetero) is 1. The molecule has 0 aliphatic rings. The van der Waals surface area contributed by atoms with Gasteiger partial charge in [-0.3, -0.25) is 4.79 Å². The molecule has 0 bridgehead atoms. The zero-order valence-electron chi connectivity index (χ0n) is 11.4. The standard InChI is InChI=1S/C16H14N2O3/c1-9(19)15(21)12-3-2-4-13-14(12)18-16(17-13)10-5-7-11(20)8-6-10/h2-9,19-20H,1H3,(H,17,18). The Morgan fingerprint density at radius 2 is 1.90 bits per heavy atom. The van der Waals surface area contributed by atoms with Crippen molar-refractivity contribution in [2.24, 2.45) is 0 Å². The highest BCUT2D eigenvalue weighted by Crippen LogP contribution is 2.24. The second-order valence-corrected chi connectivity index (χ2v) is 4.87. The maximum absolute atomic E-state index is 12.0. The highest BCUT2D eigenvalue weighted by Gasteiger charge is 2.17. The number of benzene rings is 2. The Morgan fingerprint density at radius 3 is 2.57 bits per heavy atom. The molecule has 0 spiro atoms. The van der Waals surface area contributed by atoms with Crippen molar-refractivity contribution < 1.29 is 15.0 Å². The molecule has 3 rings (SSSR count). The quantitative estimate of drug-likeness (QED) is 0.644. The number of fused-ring (bicyclic) bond motifs is 1. The van der Waals surface area contributed by atoms with Crippen LogP contribution in [0.1, 0.15) is 17.3 Å². The van der Waals surface area contributed by atoms with Gasteiger partial charge in [-0.15, -0.1) is 0 Å². The van der Waals surface area contributed by atoms with Gasteiger partial charge >= 0.3 is 0 Å². The summed E-state index contributed by atoms with van der Waals surface area (Å²) in [6.07, 6.45) is -1.07. The second kappa shape index (κ2) is 5.03. The van der Waals surface area contributed by atoms with E-state index in [9.17, 15) is 15.0 Å². The molecule has 0 aliphatic carbocycles. The number of phenolic OH excluding ortho intramolecular Hbond substituents is 1. The van der Waals surface area contributed by atoms with Gasteiger partial charge in [-0.1, -0.05) is 6.07 Å². The van der Waals surface area contributed by atoms with Gasteiger partial charge in [0, 0.05) is 11.1 Å². The lowest BCUT2D eigenvalue weighted by molar-refractivity contribution is 0.0781. The molecular formula is C16H14N2O3. The average Bonchev–Trinajstić information content (AvgIpc) is 2.90. The number of aromatic amines is 1. The van der Waals surface area contributed by atoms with Gasteiger partial charge in [0.25, 0.3) is 0 Å². The van der Waals surface area contributed by atoms with Crippen LogP contribution in [0.3, 0.4) is 0 Å². The zero-order valence-corrected chi connectivity index (χ0v) is 11.4. The lowest BCUT2D eigenvalue weighted by Crippen LogP contribution is -2.16. The molecule has 1 unspecified atom stereocenters. The van der Waals surface area contributed by atoms with Crippen LogP contribution in [-0.2, 0) is 0 Å². The predicted octanol–water partition coefficient (Wildman–Crippen LogP) is 2.50. The summed E-state index contributed by atoms with van der Waals surface area (Å²) in [5, 5.41) is 18.8. The number of phenols is 1. The van der Waals surface area contributed by atoms with Crippen molar-refractivity contribution in [3.63, 3.8) is 0 Å². The summed E-state index contributed by atoms with van der Waals surface area (Å²) in [4.78, 5) is 19.6. The minimum atomic E-state index is -1.07. The fourth-order valence-electron chi connectivity index (χ4n) is 2.21. The van der Waals surface area contributed by atoms with Crippen molar-refractivity contribution in [3.05, 3.63) is 48.0 Å². The van der Waals surface area contributed by atoms with Crippen molar-refractivity contribution in [2.75, 3.05) is 0 Å². The van der Waals surface area contributed by atoms with Crippen LogP contribution in [0, 0.1) is 0 Å². The molecular weight excluding hydrogens is 268 g/mol. The van der Waals surface area contributed by atoms with E-state index >= 15 is 0 Å². The first-order valence-corrected chi connectivity index (χ1v) is 6.56. The first-order chi connectivity index (χ1) is 10.1. The van der Waals surface area contributed by atoms with Gasteiger partial charge in [0.05, 0.1) is 11.0 Å². The number of aromatic hydroxyl groups is 1. The second-order valence-electron chi connectivity index (χ2n) is 4.87. The smallest absolute Gasteiger partial charge is 0.193 e. The lowest BCUT2D eigenvalue weighted by atomic mass is 10.1. The molecule has 0 radical (unpaired) electrons. The number of hydrogen-bond acceptors (Lipinski definition) is 4. The van der Waals surface area contributed by atoms with Crippen molar-refractivity contribution in [1.82, 2.24) is 9.97 Å². The Bertz CT molecular complexity index is 804. The van der Waals surface area contributed by atoms with Crippen molar-refractivity contribution >= 4 is 16.8 Å². The van der Waals surface area contributed by atoms with Crippen LogP contribution in [-0.4, -0.2) is 32.1 Å². The van der Waals surface area contributed by atoms with Gasteiger partial charge in [0.2, 0.25) is 0 Å². The van der Waals surface area contributed by atoms with Crippen molar-refractivity contribution in [3.8, 4) is 17.1 Å². The molecule has 1 aromatic heterocycles. The molecule has 2 aromatic carbocycles. The lowest BCUT2D eigenvalue weighted by Gasteiger charge is -2.03. The number of aliphatic hydroxyl groups is 1. The third-order valence-corrected chi connectivity index (χ3v) is 3.30. The van der Waals surface area contributed by atoms with E-state index in [0.29, 0.717) is 16.9 Å². The number of H-pyrrole nitrogens is 1. The monoisotopic (exact) mass is 282 g/mol. The minimum absolute atomic E-state index is 0.180. The topological polar surface area (TPSA) is 86.2 Å². The Hall–Kier alpha value is -2.66. The minimum Gasteiger partial charge on any atom is -0.508 e. The predicted molar refractivity (Wildman–Crippen MR) is 79.2 cm³/mol. The van der Waals surface area contributed by atoms with Crippen molar-refractivity contribution in [1.29, 1.82) is 0 Å². The van der Waals surface area contributed by atoms with Crippen LogP contribution in [0.15, 0.2) is 42.5 Å². The number of carbonyl (C=O) groups excluding carboxylic acids is 1. The number of rotatable bonds is 3. The number of para-hydroxylation sites is 1. The van der Waals surface area contributed by atoms with Crippen LogP contribution in [0.2, 0.25) is 0 Å². The summed E-state index contributed by atoms with van der Waals surface area (Å²) in [6.45, 7) is 1.44. The fraction of sp³-hybridized carbons (Fsp3) is 0.125. The number of hydrogen-bond donors (Lipinski definition) is 3. The van der Waals surface area contributed by atoms with Gasteiger partial charge in [-0.2, -0.15) is 0 Å². The Labute approximate surface area is 120 Å². The van der Waals surface area contributed by atoms with Crippen LogP contribution >= 0.6 is 0 Å². The number of carbonyl (C=O) groups is 1. The van der Waals surface area contributed by atoms with Crippen LogP contribution in [0.25, 0.3) is 22.4 Å². The molecule has 0 aliphatic heterocycles. The van der Waals surface area contributed by atoms with E-state index in [1.165, 1.54) is 6.92 Å². The molecule has 0 saturated heterocycles. The number of aromatic nitrogens is 2. The van der Waals surface area contributed by atoms with Crippen LogP contribution in [0.4, 0.5) is 0 Å². The number of imidazole rings is 1. The third kappa shape index (κ3) is 2.39. The van der Waals surface area contributed by atoms with E-state index in [1.807, 2.05) is 6.07 Å². The normalized spacial score (nSPS) is 12.5. The molecule has 0 fully saturated rings. The molecule has 0 amide bonds. The molecule has 3 N–H and O–H groups in total. The van der Waals surface area contributed by atoms with E-state index in [4.69, 9.17) is 0 Å². The zero-order chi connectivity index (χ0) is 15.0. The third-order valence-electron chi connectivity index (χ3n) is 3.30. The molecule has 5 heteroatoms. The van der Waals surface area contributed by atoms with Crippen LogP contribution < -0.4 is 0 Å². The van der Waals surface area contributed by atoms with E-state index in [-0.39, 0.29) is 11.5 Å². The Kier molecular flexibility index (Phi) is 3.19. The number of nitrogens with zero attached hydrogens (tertiary/aromatic N) is 1. The maximum atomic E-state index is 12.0. The maximum Gasteiger partial charge on any atom is 0.193 e. The fourth-order valence-corrected chi connectivity index (χ4v) is 2.21. The molecule has 5 nitrogen and oxygen atoms in total. The first kappa shape index (κ1) is 13.3. The summed E-state index contributed by atoms with van der Waals surface area (Å²) in [7, 11) is 0. The summed E-state index contributed by atoms with van der Waals surface area (Å²) < 4.78 is 0. The van der Waals surface area contributed by atoms with Gasteiger partial charge in [0.15, 0.2) is 5.78 Å². The highest BCUT2D eigenvalue weighted by atomic mass is 16.3. The number of nitrogens with one attached hydrogen (secondary N) is 1. The first-order valence-electron chi connectivity index (χ1n) is 6.56. The number of ketones is 1. The highest BCUT2D eigenvalue weighted by molar-refractivity contribution is 6.08. The summed E-state index contributed by atoms with van der Waals surface area (Å²) in [6, 6.07) is 11.8. The Morgan fingerprint density at radius 1 is 1.19 bits per heavy atom. The largest absolute Gasteiger partial charge is 0.508 e. The van der Waals surface area contributed by atoms with E-state index in [0.717, 1.165) is 11.1 Å². The molecule has 21 heavy (non-hydrogen) atoms. The van der Waals surface area contributed by atoms with Crippen molar-refractivity contribution in [2.45, 2.75) is 13.0 Å². The molecule has 3 aromatic rings. The summed E-state index contributed by atoms with van der Waals surface area (Å²) in [5.41, 5.74) is 2.46. The van der Waals surface area contributed by atoms with E-state index in [1.54, 1.807) is 36.4 Å². The molecule has 106 valence electrons. The summed E-state index contributed by atoms with van der Waals surface area (Å²) in [5.74, 6) is 0.431. The van der Waals surface area contributed by atoms with E-state index in [2.05, 4.69) is 9.97 Å².